The van der Waals surface area contributed by atoms with Gasteiger partial charge in [0.15, 0.2) is 11.5 Å². The fourth-order valence-electron chi connectivity index (χ4n) is 3.45. The van der Waals surface area contributed by atoms with Crippen molar-refractivity contribution < 1.29 is 4.79 Å². The molecule has 0 unspecified atom stereocenters. The summed E-state index contributed by atoms with van der Waals surface area (Å²) in [4.78, 5) is 37.9. The maximum absolute atomic E-state index is 12.9. The summed E-state index contributed by atoms with van der Waals surface area (Å²) in [5.74, 6) is 0.405. The van der Waals surface area contributed by atoms with Gasteiger partial charge in [0, 0.05) is 49.6 Å². The number of urea groups is 1. The summed E-state index contributed by atoms with van der Waals surface area (Å²) < 4.78 is 1.63. The number of rotatable bonds is 3. The Bertz CT molecular complexity index is 1110. The van der Waals surface area contributed by atoms with Gasteiger partial charge in [-0.05, 0) is 37.3 Å². The summed E-state index contributed by atoms with van der Waals surface area (Å²) in [6.45, 7) is 4.47. The van der Waals surface area contributed by atoms with Gasteiger partial charge in [-0.1, -0.05) is 17.7 Å². The number of hydrogen-bond donors (Lipinski definition) is 1. The summed E-state index contributed by atoms with van der Waals surface area (Å²) in [6.07, 6.45) is 1.66. The Balaban J connectivity index is 1.49. The molecule has 8 nitrogen and oxygen atoms in total. The quantitative estimate of drug-likeness (QED) is 0.715. The minimum atomic E-state index is -0.187. The van der Waals surface area contributed by atoms with Crippen LogP contribution in [0.4, 0.5) is 16.3 Å². The second-order valence-electron chi connectivity index (χ2n) is 6.75. The lowest BCUT2D eigenvalue weighted by Crippen LogP contribution is -2.51. The van der Waals surface area contributed by atoms with Crippen LogP contribution in [0.2, 0.25) is 5.02 Å². The molecule has 0 saturated carbocycles. The molecule has 3 heterocycles. The predicted molar refractivity (Wildman–Crippen MR) is 114 cm³/mol. The van der Waals surface area contributed by atoms with Crippen molar-refractivity contribution in [2.24, 2.45) is 0 Å². The Morgan fingerprint density at radius 3 is 2.69 bits per heavy atom. The minimum Gasteiger partial charge on any atom is -0.348 e. The van der Waals surface area contributed by atoms with Crippen molar-refractivity contribution in [1.82, 2.24) is 19.4 Å². The number of benzene rings is 1. The molecule has 4 rings (SSSR count). The molecule has 0 radical (unpaired) electrons. The average molecular weight is 413 g/mol. The zero-order valence-electron chi connectivity index (χ0n) is 16.0. The van der Waals surface area contributed by atoms with Crippen LogP contribution in [0.25, 0.3) is 11.2 Å². The number of anilines is 2. The zero-order valence-corrected chi connectivity index (χ0v) is 16.8. The topological polar surface area (TPSA) is 83.4 Å². The zero-order chi connectivity index (χ0) is 20.4. The largest absolute Gasteiger partial charge is 0.348 e. The smallest absolute Gasteiger partial charge is 0.321 e. The third-order valence-electron chi connectivity index (χ3n) is 4.94. The van der Waals surface area contributed by atoms with E-state index < -0.39 is 0 Å². The van der Waals surface area contributed by atoms with E-state index in [1.807, 2.05) is 24.0 Å². The van der Waals surface area contributed by atoms with Crippen LogP contribution in [-0.2, 0) is 6.54 Å². The molecule has 1 aliphatic heterocycles. The Hall–Kier alpha value is -3.13. The van der Waals surface area contributed by atoms with E-state index in [0.717, 1.165) is 0 Å². The van der Waals surface area contributed by atoms with Gasteiger partial charge in [0.1, 0.15) is 5.52 Å². The van der Waals surface area contributed by atoms with Crippen molar-refractivity contribution in [3.05, 3.63) is 58.0 Å². The average Bonchev–Trinajstić information content (AvgIpc) is 2.73. The number of hydrogen-bond acceptors (Lipinski definition) is 5. The third kappa shape index (κ3) is 3.88. The molecule has 0 atom stereocenters. The highest BCUT2D eigenvalue weighted by Gasteiger charge is 2.25. The monoisotopic (exact) mass is 412 g/mol. The minimum absolute atomic E-state index is 0.157. The standard InChI is InChI=1S/C20H21ClN6O2/c1-2-27-17-16(7-4-8-22-17)24-18(19(27)28)25-9-11-26(12-10-25)20(29)23-15-6-3-5-14(21)13-15/h3-8,13H,2,9-12H2,1H3,(H,23,29). The van der Waals surface area contributed by atoms with E-state index in [1.165, 1.54) is 0 Å². The number of aromatic nitrogens is 3. The molecule has 1 aromatic carbocycles. The first kappa shape index (κ1) is 19.2. The first-order chi connectivity index (χ1) is 14.1. The molecule has 1 saturated heterocycles. The fourth-order valence-corrected chi connectivity index (χ4v) is 3.64. The van der Waals surface area contributed by atoms with Gasteiger partial charge < -0.3 is 15.1 Å². The Morgan fingerprint density at radius 1 is 1.17 bits per heavy atom. The van der Waals surface area contributed by atoms with Crippen molar-refractivity contribution in [3.63, 3.8) is 0 Å². The van der Waals surface area contributed by atoms with E-state index in [2.05, 4.69) is 15.3 Å². The molecule has 0 spiro atoms. The van der Waals surface area contributed by atoms with Crippen molar-refractivity contribution >= 4 is 40.3 Å². The van der Waals surface area contributed by atoms with Gasteiger partial charge in [-0.2, -0.15) is 0 Å². The lowest BCUT2D eigenvalue weighted by atomic mass is 10.3. The van der Waals surface area contributed by atoms with Crippen LogP contribution in [0.15, 0.2) is 47.4 Å². The molecule has 1 aliphatic rings. The van der Waals surface area contributed by atoms with Crippen molar-refractivity contribution in [1.29, 1.82) is 0 Å². The maximum Gasteiger partial charge on any atom is 0.321 e. The summed E-state index contributed by atoms with van der Waals surface area (Å²) >= 11 is 5.97. The number of nitrogens with one attached hydrogen (secondary N) is 1. The van der Waals surface area contributed by atoms with E-state index in [0.29, 0.717) is 60.4 Å². The Labute approximate surface area is 172 Å². The van der Waals surface area contributed by atoms with E-state index in [1.54, 1.807) is 39.9 Å². The van der Waals surface area contributed by atoms with Gasteiger partial charge in [-0.25, -0.2) is 14.8 Å². The number of carbonyl (C=O) groups is 1. The van der Waals surface area contributed by atoms with Crippen LogP contribution >= 0.6 is 11.6 Å². The van der Waals surface area contributed by atoms with E-state index in [-0.39, 0.29) is 11.6 Å². The Morgan fingerprint density at radius 2 is 1.97 bits per heavy atom. The number of amides is 2. The van der Waals surface area contributed by atoms with E-state index in [9.17, 15) is 9.59 Å². The number of piperazine rings is 1. The highest BCUT2D eigenvalue weighted by Crippen LogP contribution is 2.17. The van der Waals surface area contributed by atoms with Gasteiger partial charge in [-0.15, -0.1) is 0 Å². The number of carbonyl (C=O) groups excluding carboxylic acids is 1. The molecule has 0 aliphatic carbocycles. The first-order valence-corrected chi connectivity index (χ1v) is 9.86. The van der Waals surface area contributed by atoms with Gasteiger partial charge in [-0.3, -0.25) is 9.36 Å². The molecule has 3 aromatic rings. The van der Waals surface area contributed by atoms with Crippen LogP contribution in [0.1, 0.15) is 6.92 Å². The Kier molecular flexibility index (Phi) is 5.35. The van der Waals surface area contributed by atoms with Crippen LogP contribution in [0.3, 0.4) is 0 Å². The molecule has 150 valence electrons. The number of fused-ring (bicyclic) bond motifs is 1. The normalized spacial score (nSPS) is 14.3. The van der Waals surface area contributed by atoms with Gasteiger partial charge in [0.05, 0.1) is 0 Å². The van der Waals surface area contributed by atoms with Crippen molar-refractivity contribution in [2.45, 2.75) is 13.5 Å². The molecule has 0 bridgehead atoms. The van der Waals surface area contributed by atoms with Crippen LogP contribution < -0.4 is 15.8 Å². The number of aryl methyl sites for hydroxylation is 1. The summed E-state index contributed by atoms with van der Waals surface area (Å²) in [7, 11) is 0. The summed E-state index contributed by atoms with van der Waals surface area (Å²) in [6, 6.07) is 10.5. The molecular weight excluding hydrogens is 392 g/mol. The number of halogens is 1. The molecular formula is C20H21ClN6O2. The molecule has 2 aromatic heterocycles. The predicted octanol–water partition coefficient (Wildman–Crippen LogP) is 2.82. The van der Waals surface area contributed by atoms with E-state index in [4.69, 9.17) is 11.6 Å². The first-order valence-electron chi connectivity index (χ1n) is 9.49. The number of pyridine rings is 1. The van der Waals surface area contributed by atoms with Gasteiger partial charge in [0.25, 0.3) is 5.56 Å². The molecule has 1 N–H and O–H groups in total. The number of nitrogens with zero attached hydrogens (tertiary/aromatic N) is 5. The second-order valence-corrected chi connectivity index (χ2v) is 7.18. The lowest BCUT2D eigenvalue weighted by molar-refractivity contribution is 0.208. The third-order valence-corrected chi connectivity index (χ3v) is 5.18. The second kappa shape index (κ2) is 8.08. The summed E-state index contributed by atoms with van der Waals surface area (Å²) in [5.41, 5.74) is 1.77. The van der Waals surface area contributed by atoms with Crippen LogP contribution in [0, 0.1) is 0 Å². The fraction of sp³-hybridized carbons (Fsp3) is 0.300. The molecule has 1 fully saturated rings. The van der Waals surface area contributed by atoms with Crippen molar-refractivity contribution in [3.8, 4) is 0 Å². The SMILES string of the molecule is CCn1c(=O)c(N2CCN(C(=O)Nc3cccc(Cl)c3)CC2)nc2cccnc21. The van der Waals surface area contributed by atoms with E-state index >= 15 is 0 Å². The van der Waals surface area contributed by atoms with Gasteiger partial charge >= 0.3 is 6.03 Å². The summed E-state index contributed by atoms with van der Waals surface area (Å²) in [5, 5.41) is 3.42. The lowest BCUT2D eigenvalue weighted by Gasteiger charge is -2.35. The molecule has 2 amide bonds. The highest BCUT2D eigenvalue weighted by molar-refractivity contribution is 6.30. The van der Waals surface area contributed by atoms with Crippen molar-refractivity contribution in [2.75, 3.05) is 36.4 Å². The van der Waals surface area contributed by atoms with Crippen LogP contribution in [0.5, 0.6) is 0 Å². The van der Waals surface area contributed by atoms with Gasteiger partial charge in [0.2, 0.25) is 0 Å². The molecule has 29 heavy (non-hydrogen) atoms. The molecule has 9 heteroatoms. The van der Waals surface area contributed by atoms with Crippen LogP contribution in [-0.4, -0.2) is 51.6 Å². The maximum atomic E-state index is 12.9. The highest BCUT2D eigenvalue weighted by atomic mass is 35.5.